The van der Waals surface area contributed by atoms with Gasteiger partial charge in [-0.2, -0.15) is 4.98 Å². The first-order valence-corrected chi connectivity index (χ1v) is 6.76. The number of ether oxygens (including phenoxy) is 1. The quantitative estimate of drug-likeness (QED) is 0.752. The van der Waals surface area contributed by atoms with Gasteiger partial charge in [0.2, 0.25) is 5.89 Å². The third kappa shape index (κ3) is 3.28. The predicted octanol–water partition coefficient (Wildman–Crippen LogP) is 3.60. The van der Waals surface area contributed by atoms with Crippen molar-refractivity contribution in [1.82, 2.24) is 10.1 Å². The topological polar surface area (TPSA) is 48.2 Å². The van der Waals surface area contributed by atoms with Crippen molar-refractivity contribution in [3.8, 4) is 0 Å². The van der Waals surface area contributed by atoms with Crippen LogP contribution in [-0.4, -0.2) is 16.7 Å². The Balaban J connectivity index is 2.01. The molecule has 1 atom stereocenters. The average molecular weight is 238 g/mol. The summed E-state index contributed by atoms with van der Waals surface area (Å²) in [6.45, 7) is 4.61. The van der Waals surface area contributed by atoms with E-state index in [1.165, 1.54) is 38.5 Å². The lowest BCUT2D eigenvalue weighted by Gasteiger charge is -2.08. The van der Waals surface area contributed by atoms with E-state index in [9.17, 15) is 0 Å². The van der Waals surface area contributed by atoms with E-state index in [2.05, 4.69) is 10.1 Å². The van der Waals surface area contributed by atoms with Gasteiger partial charge < -0.3 is 9.26 Å². The molecule has 0 saturated heterocycles. The second kappa shape index (κ2) is 6.15. The maximum atomic E-state index is 5.47. The number of hydrogen-bond acceptors (Lipinski definition) is 4. The van der Waals surface area contributed by atoms with Crippen molar-refractivity contribution in [2.24, 2.45) is 0 Å². The monoisotopic (exact) mass is 238 g/mol. The van der Waals surface area contributed by atoms with Crippen LogP contribution >= 0.6 is 0 Å². The van der Waals surface area contributed by atoms with Crippen molar-refractivity contribution in [2.75, 3.05) is 6.61 Å². The zero-order valence-electron chi connectivity index (χ0n) is 10.8. The molecule has 1 aliphatic rings. The van der Waals surface area contributed by atoms with E-state index >= 15 is 0 Å². The first kappa shape index (κ1) is 12.6. The maximum absolute atomic E-state index is 5.47. The van der Waals surface area contributed by atoms with Crippen molar-refractivity contribution in [3.05, 3.63) is 11.7 Å². The van der Waals surface area contributed by atoms with Crippen LogP contribution in [0.1, 0.15) is 76.1 Å². The van der Waals surface area contributed by atoms with Gasteiger partial charge in [0.05, 0.1) is 0 Å². The number of rotatable bonds is 4. The summed E-state index contributed by atoms with van der Waals surface area (Å²) < 4.78 is 10.9. The number of hydrogen-bond donors (Lipinski definition) is 0. The third-order valence-corrected chi connectivity index (χ3v) is 3.44. The Morgan fingerprint density at radius 1 is 1.29 bits per heavy atom. The standard InChI is InChI=1S/C13H22N2O2/c1-3-16-10(2)12-14-13(17-15-12)11-8-6-4-5-7-9-11/h10-11H,3-9H2,1-2H3/t10-/m1/s1. The number of aromatic nitrogens is 2. The van der Waals surface area contributed by atoms with Crippen LogP contribution in [0.4, 0.5) is 0 Å². The fourth-order valence-corrected chi connectivity index (χ4v) is 2.43. The molecule has 0 N–H and O–H groups in total. The van der Waals surface area contributed by atoms with E-state index in [-0.39, 0.29) is 6.10 Å². The van der Waals surface area contributed by atoms with Crippen LogP contribution in [-0.2, 0) is 4.74 Å². The highest BCUT2D eigenvalue weighted by molar-refractivity contribution is 4.96. The molecule has 1 aromatic rings. The van der Waals surface area contributed by atoms with E-state index in [4.69, 9.17) is 9.26 Å². The molecule has 0 unspecified atom stereocenters. The van der Waals surface area contributed by atoms with E-state index in [1.54, 1.807) is 0 Å². The van der Waals surface area contributed by atoms with Gasteiger partial charge in [0, 0.05) is 12.5 Å². The van der Waals surface area contributed by atoms with Gasteiger partial charge in [-0.1, -0.05) is 30.8 Å². The van der Waals surface area contributed by atoms with Gasteiger partial charge in [0.1, 0.15) is 6.10 Å². The van der Waals surface area contributed by atoms with E-state index < -0.39 is 0 Å². The molecule has 0 radical (unpaired) electrons. The Labute approximate surface area is 103 Å². The van der Waals surface area contributed by atoms with Crippen LogP contribution < -0.4 is 0 Å². The molecular formula is C13H22N2O2. The summed E-state index contributed by atoms with van der Waals surface area (Å²) >= 11 is 0. The summed E-state index contributed by atoms with van der Waals surface area (Å²) in [4.78, 5) is 4.49. The van der Waals surface area contributed by atoms with Crippen LogP contribution in [0.5, 0.6) is 0 Å². The largest absolute Gasteiger partial charge is 0.371 e. The second-order valence-electron chi connectivity index (χ2n) is 4.78. The highest BCUT2D eigenvalue weighted by Crippen LogP contribution is 2.31. The van der Waals surface area contributed by atoms with Gasteiger partial charge in [-0.15, -0.1) is 0 Å². The molecule has 1 aliphatic carbocycles. The van der Waals surface area contributed by atoms with Crippen molar-refractivity contribution in [3.63, 3.8) is 0 Å². The predicted molar refractivity (Wildman–Crippen MR) is 64.8 cm³/mol. The van der Waals surface area contributed by atoms with Gasteiger partial charge in [-0.25, -0.2) is 0 Å². The minimum atomic E-state index is -0.0664. The van der Waals surface area contributed by atoms with Gasteiger partial charge in [-0.3, -0.25) is 0 Å². The normalized spacial score (nSPS) is 20.1. The zero-order chi connectivity index (χ0) is 12.1. The molecular weight excluding hydrogens is 216 g/mol. The molecule has 96 valence electrons. The molecule has 17 heavy (non-hydrogen) atoms. The van der Waals surface area contributed by atoms with Gasteiger partial charge in [-0.05, 0) is 26.7 Å². The Hall–Kier alpha value is -0.900. The lowest BCUT2D eigenvalue weighted by atomic mass is 10.0. The summed E-state index contributed by atoms with van der Waals surface area (Å²) in [6.07, 6.45) is 7.55. The zero-order valence-corrected chi connectivity index (χ0v) is 10.8. The van der Waals surface area contributed by atoms with E-state index in [0.29, 0.717) is 18.3 Å². The molecule has 2 rings (SSSR count). The highest BCUT2D eigenvalue weighted by atomic mass is 16.5. The van der Waals surface area contributed by atoms with Crippen molar-refractivity contribution < 1.29 is 9.26 Å². The van der Waals surface area contributed by atoms with Gasteiger partial charge in [0.25, 0.3) is 0 Å². The molecule has 0 aliphatic heterocycles. The summed E-state index contributed by atoms with van der Waals surface area (Å²) in [5, 5.41) is 4.03. The molecule has 4 nitrogen and oxygen atoms in total. The first-order chi connectivity index (χ1) is 8.31. The second-order valence-corrected chi connectivity index (χ2v) is 4.78. The van der Waals surface area contributed by atoms with Crippen LogP contribution in [0.2, 0.25) is 0 Å². The fourth-order valence-electron chi connectivity index (χ4n) is 2.43. The first-order valence-electron chi connectivity index (χ1n) is 6.76. The summed E-state index contributed by atoms with van der Waals surface area (Å²) in [7, 11) is 0. The SMILES string of the molecule is CCO[C@H](C)c1noc(C2CCCCCC2)n1. The molecule has 1 aromatic heterocycles. The summed E-state index contributed by atoms with van der Waals surface area (Å²) in [6, 6.07) is 0. The van der Waals surface area contributed by atoms with Crippen LogP contribution in [0, 0.1) is 0 Å². The van der Waals surface area contributed by atoms with Crippen molar-refractivity contribution in [2.45, 2.75) is 64.4 Å². The van der Waals surface area contributed by atoms with Crippen molar-refractivity contribution in [1.29, 1.82) is 0 Å². The molecule has 1 saturated carbocycles. The van der Waals surface area contributed by atoms with Crippen LogP contribution in [0.25, 0.3) is 0 Å². The third-order valence-electron chi connectivity index (χ3n) is 3.44. The van der Waals surface area contributed by atoms with E-state index in [0.717, 1.165) is 5.89 Å². The minimum absolute atomic E-state index is 0.0664. The molecule has 1 fully saturated rings. The lowest BCUT2D eigenvalue weighted by Crippen LogP contribution is -2.03. The number of nitrogens with zero attached hydrogens (tertiary/aromatic N) is 2. The summed E-state index contributed by atoms with van der Waals surface area (Å²) in [5.74, 6) is 1.96. The molecule has 1 heterocycles. The smallest absolute Gasteiger partial charge is 0.229 e. The van der Waals surface area contributed by atoms with Gasteiger partial charge >= 0.3 is 0 Å². The molecule has 4 heteroatoms. The minimum Gasteiger partial charge on any atom is -0.371 e. The molecule has 0 spiro atoms. The lowest BCUT2D eigenvalue weighted by molar-refractivity contribution is 0.0683. The molecule has 0 bridgehead atoms. The Morgan fingerprint density at radius 3 is 2.65 bits per heavy atom. The van der Waals surface area contributed by atoms with Crippen molar-refractivity contribution >= 4 is 0 Å². The van der Waals surface area contributed by atoms with Crippen LogP contribution in [0.3, 0.4) is 0 Å². The molecule has 0 aromatic carbocycles. The maximum Gasteiger partial charge on any atom is 0.229 e. The fraction of sp³-hybridized carbons (Fsp3) is 0.846. The summed E-state index contributed by atoms with van der Waals surface area (Å²) in [5.41, 5.74) is 0. The highest BCUT2D eigenvalue weighted by Gasteiger charge is 2.22. The Morgan fingerprint density at radius 2 is 2.00 bits per heavy atom. The molecule has 0 amide bonds. The van der Waals surface area contributed by atoms with Gasteiger partial charge in [0.15, 0.2) is 5.82 Å². The average Bonchev–Trinajstić information content (AvgIpc) is 2.66. The van der Waals surface area contributed by atoms with E-state index in [1.807, 2.05) is 13.8 Å². The Bertz CT molecular complexity index is 330. The van der Waals surface area contributed by atoms with Crippen LogP contribution in [0.15, 0.2) is 4.52 Å². The Kier molecular flexibility index (Phi) is 4.54.